The highest BCUT2D eigenvalue weighted by molar-refractivity contribution is 8.00. The molecule has 2 atom stereocenters. The van der Waals surface area contributed by atoms with Crippen LogP contribution >= 0.6 is 11.8 Å². The van der Waals surface area contributed by atoms with E-state index in [0.717, 1.165) is 35.5 Å². The highest BCUT2D eigenvalue weighted by atomic mass is 32.2. The van der Waals surface area contributed by atoms with Gasteiger partial charge in [0.2, 0.25) is 11.1 Å². The maximum absolute atomic E-state index is 13.5. The average molecular weight is 426 g/mol. The van der Waals surface area contributed by atoms with E-state index in [1.165, 1.54) is 29.5 Å². The van der Waals surface area contributed by atoms with Gasteiger partial charge in [-0.15, -0.1) is 10.2 Å². The van der Waals surface area contributed by atoms with E-state index in [4.69, 9.17) is 0 Å². The van der Waals surface area contributed by atoms with E-state index in [0.29, 0.717) is 5.16 Å². The van der Waals surface area contributed by atoms with Gasteiger partial charge in [-0.3, -0.25) is 4.79 Å². The Morgan fingerprint density at radius 2 is 1.93 bits per heavy atom. The molecule has 0 saturated carbocycles. The average Bonchev–Trinajstić information content (AvgIpc) is 3.12. The Morgan fingerprint density at radius 1 is 1.17 bits per heavy atom. The van der Waals surface area contributed by atoms with Crippen LogP contribution in [0, 0.1) is 19.7 Å². The fraction of sp³-hybridized carbons (Fsp3) is 0.318. The molecule has 0 spiro atoms. The molecular weight excluding hydrogens is 401 g/mol. The lowest BCUT2D eigenvalue weighted by molar-refractivity contribution is -0.116. The van der Waals surface area contributed by atoms with Gasteiger partial charge in [0.05, 0.1) is 6.04 Å². The summed E-state index contributed by atoms with van der Waals surface area (Å²) < 4.78 is 15.3. The summed E-state index contributed by atoms with van der Waals surface area (Å²) in [6, 6.07) is 11.7. The molecule has 0 bridgehead atoms. The molecule has 156 valence electrons. The van der Waals surface area contributed by atoms with Crippen LogP contribution in [0.5, 0.6) is 0 Å². The molecule has 1 aromatic heterocycles. The Labute approximate surface area is 179 Å². The molecule has 0 radical (unpaired) electrons. The minimum absolute atomic E-state index is 0.142. The number of hydrogen-bond acceptors (Lipinski definition) is 5. The molecule has 2 aromatic carbocycles. The molecule has 0 fully saturated rings. The Morgan fingerprint density at radius 3 is 2.63 bits per heavy atom. The minimum atomic E-state index is -0.497. The Kier molecular flexibility index (Phi) is 5.76. The smallest absolute Gasteiger partial charge is 0.240 e. The quantitative estimate of drug-likeness (QED) is 0.635. The molecule has 2 heterocycles. The van der Waals surface area contributed by atoms with Gasteiger partial charge in [-0.05, 0) is 61.2 Å². The van der Waals surface area contributed by atoms with E-state index in [-0.39, 0.29) is 17.8 Å². The molecule has 3 aromatic rings. The van der Waals surface area contributed by atoms with Crippen LogP contribution in [0.4, 0.5) is 10.1 Å². The van der Waals surface area contributed by atoms with Gasteiger partial charge >= 0.3 is 0 Å². The number of thioether (sulfide) groups is 1. The van der Waals surface area contributed by atoms with Gasteiger partial charge in [0.1, 0.15) is 11.1 Å². The summed E-state index contributed by atoms with van der Waals surface area (Å²) in [5.41, 5.74) is 7.25. The fourth-order valence-corrected chi connectivity index (χ4v) is 4.54. The van der Waals surface area contributed by atoms with Crippen LogP contribution in [0.15, 0.2) is 47.6 Å². The number of carbonyl (C=O) groups excluding carboxylic acids is 1. The second kappa shape index (κ2) is 8.47. The van der Waals surface area contributed by atoms with Crippen molar-refractivity contribution in [1.82, 2.24) is 14.9 Å². The number of halogens is 1. The number of aryl methyl sites for hydroxylation is 3. The first kappa shape index (κ1) is 20.4. The first-order chi connectivity index (χ1) is 14.5. The Hall–Kier alpha value is -2.87. The Bertz CT molecular complexity index is 1070. The highest BCUT2D eigenvalue weighted by Gasteiger charge is 2.37. The van der Waals surface area contributed by atoms with Crippen molar-refractivity contribution in [3.8, 4) is 0 Å². The van der Waals surface area contributed by atoms with E-state index >= 15 is 0 Å². The third kappa shape index (κ3) is 4.05. The third-order valence-corrected chi connectivity index (χ3v) is 6.45. The van der Waals surface area contributed by atoms with Crippen LogP contribution in [-0.4, -0.2) is 26.0 Å². The predicted molar refractivity (Wildman–Crippen MR) is 117 cm³/mol. The molecule has 1 aliphatic heterocycles. The fourth-order valence-electron chi connectivity index (χ4n) is 3.44. The number of aromatic nitrogens is 3. The molecule has 0 saturated heterocycles. The number of amides is 1. The summed E-state index contributed by atoms with van der Waals surface area (Å²) in [6.45, 7) is 6.13. The molecule has 0 aliphatic carbocycles. The minimum Gasteiger partial charge on any atom is -0.325 e. The molecule has 2 unspecified atom stereocenters. The van der Waals surface area contributed by atoms with Gasteiger partial charge in [0.15, 0.2) is 5.82 Å². The van der Waals surface area contributed by atoms with Crippen LogP contribution in [0.25, 0.3) is 0 Å². The number of anilines is 1. The number of rotatable bonds is 5. The summed E-state index contributed by atoms with van der Waals surface area (Å²) in [5.74, 6) is 0.367. The zero-order chi connectivity index (χ0) is 21.3. The second-order valence-corrected chi connectivity index (χ2v) is 8.58. The lowest BCUT2D eigenvalue weighted by Gasteiger charge is -2.33. The molecular formula is C22H24FN5OS. The first-order valence-electron chi connectivity index (χ1n) is 9.97. The zero-order valence-electron chi connectivity index (χ0n) is 17.1. The van der Waals surface area contributed by atoms with Crippen LogP contribution in [-0.2, 0) is 11.2 Å². The summed E-state index contributed by atoms with van der Waals surface area (Å²) >= 11 is 1.37. The van der Waals surface area contributed by atoms with Gasteiger partial charge in [0.25, 0.3) is 0 Å². The summed E-state index contributed by atoms with van der Waals surface area (Å²) in [6.07, 6.45) is 1.71. The van der Waals surface area contributed by atoms with E-state index in [1.807, 2.05) is 36.7 Å². The van der Waals surface area contributed by atoms with Gasteiger partial charge in [-0.1, -0.05) is 36.9 Å². The van der Waals surface area contributed by atoms with E-state index < -0.39 is 5.25 Å². The monoisotopic (exact) mass is 425 g/mol. The molecule has 2 N–H and O–H groups in total. The molecule has 6 nitrogen and oxygen atoms in total. The third-order valence-electron chi connectivity index (χ3n) is 5.24. The van der Waals surface area contributed by atoms with Crippen LogP contribution in [0.2, 0.25) is 0 Å². The number of carbonyl (C=O) groups is 1. The van der Waals surface area contributed by atoms with Crippen molar-refractivity contribution in [1.29, 1.82) is 0 Å². The van der Waals surface area contributed by atoms with Crippen LogP contribution in [0.3, 0.4) is 0 Å². The Balaban J connectivity index is 1.66. The number of fused-ring (bicyclic) bond motifs is 1. The van der Waals surface area contributed by atoms with Gasteiger partial charge in [0, 0.05) is 12.1 Å². The van der Waals surface area contributed by atoms with Crippen molar-refractivity contribution < 1.29 is 9.18 Å². The van der Waals surface area contributed by atoms with Gasteiger partial charge in [-0.2, -0.15) is 0 Å². The normalized spacial score (nSPS) is 17.9. The first-order valence-corrected chi connectivity index (χ1v) is 10.9. The molecule has 8 heteroatoms. The largest absolute Gasteiger partial charge is 0.325 e. The van der Waals surface area contributed by atoms with Crippen molar-refractivity contribution in [2.24, 2.45) is 0 Å². The van der Waals surface area contributed by atoms with Crippen LogP contribution < -0.4 is 10.7 Å². The number of hydrogen-bond donors (Lipinski definition) is 2. The van der Waals surface area contributed by atoms with Crippen molar-refractivity contribution in [2.45, 2.75) is 50.1 Å². The molecule has 4 rings (SSSR count). The van der Waals surface area contributed by atoms with Crippen molar-refractivity contribution in [3.05, 3.63) is 70.8 Å². The number of nitrogens with zero attached hydrogens (tertiary/aromatic N) is 3. The van der Waals surface area contributed by atoms with E-state index in [9.17, 15) is 9.18 Å². The van der Waals surface area contributed by atoms with Crippen molar-refractivity contribution in [2.75, 3.05) is 10.7 Å². The molecule has 1 aliphatic rings. The zero-order valence-corrected chi connectivity index (χ0v) is 18.0. The van der Waals surface area contributed by atoms with E-state index in [2.05, 4.69) is 27.9 Å². The van der Waals surface area contributed by atoms with Gasteiger partial charge < -0.3 is 10.7 Å². The van der Waals surface area contributed by atoms with Gasteiger partial charge in [-0.25, -0.2) is 9.07 Å². The summed E-state index contributed by atoms with van der Waals surface area (Å²) in [4.78, 5) is 13.3. The maximum atomic E-state index is 13.5. The number of benzene rings is 2. The summed E-state index contributed by atoms with van der Waals surface area (Å²) in [5, 5.41) is 11.7. The molecule has 1 amide bonds. The van der Waals surface area contributed by atoms with E-state index in [1.54, 1.807) is 12.1 Å². The van der Waals surface area contributed by atoms with Crippen molar-refractivity contribution in [3.63, 3.8) is 0 Å². The highest BCUT2D eigenvalue weighted by Crippen LogP contribution is 2.37. The standard InChI is InChI=1S/C22H24FN5OS/c1-4-5-18-25-26-22-28(18)27-19(15-7-9-16(23)10-8-15)20(30-22)21(29)24-17-11-6-13(2)14(3)12-17/h6-12,19-20,27H,4-5H2,1-3H3,(H,24,29). The lowest BCUT2D eigenvalue weighted by atomic mass is 10.0. The van der Waals surface area contributed by atoms with Crippen molar-refractivity contribution >= 4 is 23.4 Å². The maximum Gasteiger partial charge on any atom is 0.240 e. The molecule has 30 heavy (non-hydrogen) atoms. The lowest BCUT2D eigenvalue weighted by Crippen LogP contribution is -2.41. The topological polar surface area (TPSA) is 71.8 Å². The summed E-state index contributed by atoms with van der Waals surface area (Å²) in [7, 11) is 0. The second-order valence-electron chi connectivity index (χ2n) is 7.47. The van der Waals surface area contributed by atoms with Crippen LogP contribution in [0.1, 0.15) is 41.9 Å². The number of nitrogens with one attached hydrogen (secondary N) is 2. The predicted octanol–water partition coefficient (Wildman–Crippen LogP) is 4.38. The SMILES string of the molecule is CCCc1nnc2n1NC(c1ccc(F)cc1)C(C(=O)Nc1ccc(C)c(C)c1)S2.